The van der Waals surface area contributed by atoms with Gasteiger partial charge in [-0.15, -0.1) is 24.0 Å². The second kappa shape index (κ2) is 10.3. The summed E-state index contributed by atoms with van der Waals surface area (Å²) < 4.78 is 0. The number of aliphatic imine (C=N–C) groups is 1. The van der Waals surface area contributed by atoms with Crippen LogP contribution in [0.5, 0.6) is 0 Å². The molecule has 0 aromatic heterocycles. The fourth-order valence-corrected chi connectivity index (χ4v) is 4.81. The zero-order chi connectivity index (χ0) is 18.6. The quantitative estimate of drug-likeness (QED) is 0.360. The van der Waals surface area contributed by atoms with E-state index in [1.54, 1.807) is 0 Å². The number of guanidine groups is 1. The second-order valence-corrected chi connectivity index (χ2v) is 8.76. The van der Waals surface area contributed by atoms with Crippen LogP contribution in [0.25, 0.3) is 0 Å². The van der Waals surface area contributed by atoms with Gasteiger partial charge in [-0.25, -0.2) is 0 Å². The Labute approximate surface area is 181 Å². The van der Waals surface area contributed by atoms with Gasteiger partial charge >= 0.3 is 0 Å². The molecule has 0 saturated carbocycles. The topological polar surface area (TPSA) is 60.0 Å². The van der Waals surface area contributed by atoms with Crippen molar-refractivity contribution in [1.29, 1.82) is 0 Å². The SMILES string of the molecule is CCNC(=NCC(C)N1CCCC(C)C1)N1CCCC2(CNC(=O)C2)C1.I. The molecule has 6 nitrogen and oxygen atoms in total. The van der Waals surface area contributed by atoms with Crippen molar-refractivity contribution < 1.29 is 4.79 Å². The van der Waals surface area contributed by atoms with Crippen molar-refractivity contribution in [1.82, 2.24) is 20.4 Å². The van der Waals surface area contributed by atoms with Crippen molar-refractivity contribution in [2.24, 2.45) is 16.3 Å². The van der Waals surface area contributed by atoms with Crippen LogP contribution in [0.2, 0.25) is 0 Å². The summed E-state index contributed by atoms with van der Waals surface area (Å²) in [4.78, 5) is 21.7. The van der Waals surface area contributed by atoms with Crippen LogP contribution in [0.3, 0.4) is 0 Å². The molecular formula is C20H38IN5O. The van der Waals surface area contributed by atoms with Crippen LogP contribution < -0.4 is 10.6 Å². The minimum absolute atomic E-state index is 0. The van der Waals surface area contributed by atoms with Crippen LogP contribution in [-0.4, -0.2) is 73.5 Å². The average molecular weight is 491 g/mol. The first-order chi connectivity index (χ1) is 12.5. The average Bonchev–Trinajstić information content (AvgIpc) is 2.98. The molecule has 0 bridgehead atoms. The Balaban J connectivity index is 0.00000261. The summed E-state index contributed by atoms with van der Waals surface area (Å²) in [6.07, 6.45) is 5.62. The van der Waals surface area contributed by atoms with Gasteiger partial charge in [0.1, 0.15) is 0 Å². The number of hydrogen-bond donors (Lipinski definition) is 2. The smallest absolute Gasteiger partial charge is 0.220 e. The van der Waals surface area contributed by atoms with Gasteiger partial charge in [0, 0.05) is 50.6 Å². The van der Waals surface area contributed by atoms with Crippen molar-refractivity contribution in [3.63, 3.8) is 0 Å². The highest BCUT2D eigenvalue weighted by atomic mass is 127. The van der Waals surface area contributed by atoms with Crippen LogP contribution in [0.4, 0.5) is 0 Å². The Bertz CT molecular complexity index is 529. The highest BCUT2D eigenvalue weighted by Gasteiger charge is 2.42. The lowest BCUT2D eigenvalue weighted by Crippen LogP contribution is -2.51. The first-order valence-corrected chi connectivity index (χ1v) is 10.6. The number of nitrogens with zero attached hydrogens (tertiary/aromatic N) is 3. The molecule has 3 fully saturated rings. The maximum atomic E-state index is 11.8. The van der Waals surface area contributed by atoms with Crippen LogP contribution >= 0.6 is 24.0 Å². The van der Waals surface area contributed by atoms with Gasteiger partial charge in [-0.2, -0.15) is 0 Å². The van der Waals surface area contributed by atoms with E-state index in [1.807, 2.05) is 0 Å². The van der Waals surface area contributed by atoms with Gasteiger partial charge in [0.15, 0.2) is 5.96 Å². The molecule has 0 aliphatic carbocycles. The zero-order valence-corrected chi connectivity index (χ0v) is 19.6. The number of carbonyl (C=O) groups is 1. The van der Waals surface area contributed by atoms with E-state index in [1.165, 1.54) is 25.9 Å². The van der Waals surface area contributed by atoms with E-state index in [9.17, 15) is 4.79 Å². The monoisotopic (exact) mass is 491 g/mol. The predicted molar refractivity (Wildman–Crippen MR) is 122 cm³/mol. The van der Waals surface area contributed by atoms with E-state index in [-0.39, 0.29) is 35.3 Å². The molecule has 3 aliphatic rings. The molecule has 3 atom stereocenters. The molecule has 0 aromatic rings. The summed E-state index contributed by atoms with van der Waals surface area (Å²) in [6, 6.07) is 0.486. The molecule has 7 heteroatoms. The third kappa shape index (κ3) is 5.95. The number of likely N-dealkylation sites (tertiary alicyclic amines) is 2. The molecular weight excluding hydrogens is 453 g/mol. The summed E-state index contributed by atoms with van der Waals surface area (Å²) in [5.74, 6) is 2.04. The van der Waals surface area contributed by atoms with Gasteiger partial charge in [0.05, 0.1) is 6.54 Å². The Hall–Kier alpha value is -0.570. The fourth-order valence-electron chi connectivity index (χ4n) is 4.81. The van der Waals surface area contributed by atoms with Crippen LogP contribution in [0.1, 0.15) is 52.9 Å². The minimum atomic E-state index is 0. The Morgan fingerprint density at radius 3 is 2.89 bits per heavy atom. The molecule has 3 aliphatic heterocycles. The van der Waals surface area contributed by atoms with Gasteiger partial charge in [-0.1, -0.05) is 6.92 Å². The number of amides is 1. The number of carbonyl (C=O) groups excluding carboxylic acids is 1. The van der Waals surface area contributed by atoms with Crippen molar-refractivity contribution >= 4 is 35.8 Å². The molecule has 0 aromatic carbocycles. The summed E-state index contributed by atoms with van der Waals surface area (Å²) in [6.45, 7) is 13.7. The molecule has 3 unspecified atom stereocenters. The van der Waals surface area contributed by atoms with Crippen molar-refractivity contribution in [2.75, 3.05) is 45.8 Å². The number of hydrogen-bond acceptors (Lipinski definition) is 3. The number of halogens is 1. The predicted octanol–water partition coefficient (Wildman–Crippen LogP) is 2.29. The molecule has 3 saturated heterocycles. The Kier molecular flexibility index (Phi) is 8.65. The van der Waals surface area contributed by atoms with Gasteiger partial charge < -0.3 is 15.5 Å². The van der Waals surface area contributed by atoms with Gasteiger partial charge in [0.2, 0.25) is 5.91 Å². The maximum Gasteiger partial charge on any atom is 0.220 e. The first-order valence-electron chi connectivity index (χ1n) is 10.6. The largest absolute Gasteiger partial charge is 0.357 e. The van der Waals surface area contributed by atoms with Crippen molar-refractivity contribution in [3.05, 3.63) is 0 Å². The molecule has 2 N–H and O–H groups in total. The van der Waals surface area contributed by atoms with Gasteiger partial charge in [-0.05, 0) is 52.0 Å². The number of piperidine rings is 2. The molecule has 156 valence electrons. The maximum absolute atomic E-state index is 11.8. The highest BCUT2D eigenvalue weighted by Crippen LogP contribution is 2.36. The lowest BCUT2D eigenvalue weighted by Gasteiger charge is -2.41. The second-order valence-electron chi connectivity index (χ2n) is 8.76. The normalized spacial score (nSPS) is 30.8. The molecule has 3 heterocycles. The summed E-state index contributed by atoms with van der Waals surface area (Å²) in [5.41, 5.74) is 0.111. The van der Waals surface area contributed by atoms with E-state index in [4.69, 9.17) is 4.99 Å². The molecule has 0 radical (unpaired) electrons. The van der Waals surface area contributed by atoms with Gasteiger partial charge in [0.25, 0.3) is 0 Å². The minimum Gasteiger partial charge on any atom is -0.357 e. The summed E-state index contributed by atoms with van der Waals surface area (Å²) >= 11 is 0. The first kappa shape index (κ1) is 22.7. The molecule has 3 rings (SSSR count). The van der Waals surface area contributed by atoms with E-state index in [0.29, 0.717) is 12.5 Å². The van der Waals surface area contributed by atoms with E-state index in [0.717, 1.165) is 57.4 Å². The van der Waals surface area contributed by atoms with Crippen molar-refractivity contribution in [3.8, 4) is 0 Å². The van der Waals surface area contributed by atoms with E-state index in [2.05, 4.69) is 41.2 Å². The van der Waals surface area contributed by atoms with Gasteiger partial charge in [-0.3, -0.25) is 14.7 Å². The van der Waals surface area contributed by atoms with Crippen LogP contribution in [0, 0.1) is 11.3 Å². The van der Waals surface area contributed by atoms with E-state index >= 15 is 0 Å². The highest BCUT2D eigenvalue weighted by molar-refractivity contribution is 14.0. The Morgan fingerprint density at radius 2 is 2.22 bits per heavy atom. The van der Waals surface area contributed by atoms with Crippen LogP contribution in [-0.2, 0) is 4.79 Å². The summed E-state index contributed by atoms with van der Waals surface area (Å²) in [5, 5.41) is 6.53. The number of rotatable bonds is 4. The van der Waals surface area contributed by atoms with E-state index < -0.39 is 0 Å². The molecule has 27 heavy (non-hydrogen) atoms. The molecule has 1 spiro atoms. The van der Waals surface area contributed by atoms with Crippen molar-refractivity contribution in [2.45, 2.75) is 58.9 Å². The molecule has 1 amide bonds. The summed E-state index contributed by atoms with van der Waals surface area (Å²) in [7, 11) is 0. The zero-order valence-electron chi connectivity index (χ0n) is 17.3. The third-order valence-electron chi connectivity index (χ3n) is 6.31. The van der Waals surface area contributed by atoms with Crippen LogP contribution in [0.15, 0.2) is 4.99 Å². The lowest BCUT2D eigenvalue weighted by atomic mass is 9.79. The fraction of sp³-hybridized carbons (Fsp3) is 0.900. The standard InChI is InChI=1S/C20H37N5O.HI/c1-4-21-19(22-12-17(3)24-9-5-7-16(2)13-24)25-10-6-8-20(15-25)11-18(26)23-14-20;/h16-17H,4-15H2,1-3H3,(H,21,22)(H,23,26);1H. The Morgan fingerprint density at radius 1 is 1.41 bits per heavy atom. The lowest BCUT2D eigenvalue weighted by molar-refractivity contribution is -0.119. The third-order valence-corrected chi connectivity index (χ3v) is 6.31. The number of nitrogens with one attached hydrogen (secondary N) is 2.